The zero-order valence-corrected chi connectivity index (χ0v) is 11.2. The van der Waals surface area contributed by atoms with Gasteiger partial charge in [0.1, 0.15) is 0 Å². The number of ether oxygens (including phenoxy) is 1. The monoisotopic (exact) mass is 264 g/mol. The lowest BCUT2D eigenvalue weighted by Crippen LogP contribution is -2.10. The lowest BCUT2D eigenvalue weighted by molar-refractivity contribution is -0.133. The fourth-order valence-corrected chi connectivity index (χ4v) is 1.67. The summed E-state index contributed by atoms with van der Waals surface area (Å²) in [7, 11) is 4.90. The molecule has 0 aliphatic carbocycles. The largest absolute Gasteiger partial charge is 0.465 e. The zero-order valence-electron chi connectivity index (χ0n) is 10.4. The smallest absolute Gasteiger partial charge is 0.339 e. The van der Waals surface area contributed by atoms with Crippen LogP contribution in [0.2, 0.25) is 5.02 Å². The van der Waals surface area contributed by atoms with Gasteiger partial charge >= 0.3 is 5.97 Å². The first-order valence-electron chi connectivity index (χ1n) is 5.13. The third-order valence-electron chi connectivity index (χ3n) is 2.16. The number of benzene rings is 1. The summed E-state index contributed by atoms with van der Waals surface area (Å²) < 4.78 is 4.73. The van der Waals surface area contributed by atoms with Crippen LogP contribution in [0.3, 0.4) is 0 Å². The minimum atomic E-state index is -0.471. The Hall–Kier alpha value is -1.99. The van der Waals surface area contributed by atoms with Crippen molar-refractivity contribution in [2.75, 3.05) is 21.2 Å². The summed E-state index contributed by atoms with van der Waals surface area (Å²) in [6, 6.07) is 4.78. The third-order valence-corrected chi connectivity index (χ3v) is 2.48. The summed E-state index contributed by atoms with van der Waals surface area (Å²) in [5.74, 6) is -0.471. The van der Waals surface area contributed by atoms with Crippen LogP contribution >= 0.6 is 11.6 Å². The average molecular weight is 265 g/mol. The summed E-state index contributed by atoms with van der Waals surface area (Å²) >= 11 is 6.08. The number of carbonyl (C=O) groups excluding carboxylic acids is 1. The lowest BCUT2D eigenvalue weighted by Gasteiger charge is -2.12. The first-order valence-corrected chi connectivity index (χ1v) is 5.51. The van der Waals surface area contributed by atoms with Gasteiger partial charge in [0.15, 0.2) is 5.69 Å². The Balaban J connectivity index is 3.31. The van der Waals surface area contributed by atoms with E-state index in [1.54, 1.807) is 37.3 Å². The second-order valence-electron chi connectivity index (χ2n) is 3.77. The van der Waals surface area contributed by atoms with Crippen LogP contribution in [-0.2, 0) is 9.53 Å². The van der Waals surface area contributed by atoms with Gasteiger partial charge in [-0.3, -0.25) is 0 Å². The highest BCUT2D eigenvalue weighted by molar-refractivity contribution is 6.34. The van der Waals surface area contributed by atoms with E-state index in [2.05, 4.69) is 4.85 Å². The lowest BCUT2D eigenvalue weighted by atomic mass is 10.1. The van der Waals surface area contributed by atoms with Gasteiger partial charge in [-0.05, 0) is 6.07 Å². The molecule has 0 aliphatic rings. The molecule has 0 spiro atoms. The minimum Gasteiger partial charge on any atom is -0.465 e. The Bertz CT molecular complexity index is 530. The number of methoxy groups -OCH3 is 1. The molecule has 0 radical (unpaired) electrons. The Labute approximate surface area is 111 Å². The van der Waals surface area contributed by atoms with E-state index in [1.807, 2.05) is 0 Å². The van der Waals surface area contributed by atoms with Crippen molar-refractivity contribution in [2.24, 2.45) is 0 Å². The van der Waals surface area contributed by atoms with Gasteiger partial charge in [0.2, 0.25) is 0 Å². The van der Waals surface area contributed by atoms with Gasteiger partial charge in [0.25, 0.3) is 0 Å². The maximum Gasteiger partial charge on any atom is 0.339 e. The van der Waals surface area contributed by atoms with E-state index in [4.69, 9.17) is 22.9 Å². The van der Waals surface area contributed by atoms with E-state index >= 15 is 0 Å². The highest BCUT2D eigenvalue weighted by atomic mass is 35.5. The first-order chi connectivity index (χ1) is 8.49. The molecule has 0 heterocycles. The van der Waals surface area contributed by atoms with Gasteiger partial charge in [0, 0.05) is 30.9 Å². The fourth-order valence-electron chi connectivity index (χ4n) is 1.39. The standard InChI is InChI=1S/C13H13ClN2O2/c1-15-9-5-6-10(12(14)7-9)11(8-16(2)3)13(17)18-4/h5-8H,2-4H3/b11-8-. The molecule has 1 rings (SSSR count). The minimum absolute atomic E-state index is 0.349. The molecule has 0 atom stereocenters. The van der Waals surface area contributed by atoms with Crippen LogP contribution in [0.25, 0.3) is 10.4 Å². The topological polar surface area (TPSA) is 33.9 Å². The zero-order chi connectivity index (χ0) is 13.7. The normalized spacial score (nSPS) is 10.7. The van der Waals surface area contributed by atoms with Gasteiger partial charge in [-0.1, -0.05) is 23.7 Å². The summed E-state index contributed by atoms with van der Waals surface area (Å²) in [5, 5.41) is 0.349. The fraction of sp³-hybridized carbons (Fsp3) is 0.231. The molecule has 0 aromatic heterocycles. The molecule has 0 saturated carbocycles. The van der Waals surface area contributed by atoms with Crippen molar-refractivity contribution >= 4 is 28.8 Å². The summed E-state index contributed by atoms with van der Waals surface area (Å²) in [6.45, 7) is 6.90. The van der Waals surface area contributed by atoms with E-state index in [9.17, 15) is 4.79 Å². The molecule has 0 aliphatic heterocycles. The van der Waals surface area contributed by atoms with Crippen LogP contribution in [0.4, 0.5) is 5.69 Å². The molecule has 1 aromatic carbocycles. The van der Waals surface area contributed by atoms with E-state index < -0.39 is 5.97 Å². The SMILES string of the molecule is [C-]#[N+]c1ccc(/C(=C/N(C)C)C(=O)OC)c(Cl)c1. The van der Waals surface area contributed by atoms with Gasteiger partial charge in [-0.2, -0.15) is 0 Å². The third kappa shape index (κ3) is 3.25. The Morgan fingerprint density at radius 2 is 2.17 bits per heavy atom. The molecule has 94 valence electrons. The number of hydrogen-bond acceptors (Lipinski definition) is 3. The maximum absolute atomic E-state index is 11.7. The predicted molar refractivity (Wildman–Crippen MR) is 71.4 cm³/mol. The molecular weight excluding hydrogens is 252 g/mol. The van der Waals surface area contributed by atoms with Crippen LogP contribution in [0, 0.1) is 6.57 Å². The van der Waals surface area contributed by atoms with Crippen molar-refractivity contribution in [2.45, 2.75) is 0 Å². The number of rotatable bonds is 3. The van der Waals surface area contributed by atoms with Gasteiger partial charge < -0.3 is 9.64 Å². The molecule has 0 saturated heterocycles. The number of esters is 1. The van der Waals surface area contributed by atoms with Crippen molar-refractivity contribution in [3.05, 3.63) is 46.4 Å². The van der Waals surface area contributed by atoms with E-state index in [0.717, 1.165) is 0 Å². The average Bonchev–Trinajstić information content (AvgIpc) is 2.35. The highest BCUT2D eigenvalue weighted by Gasteiger charge is 2.16. The molecule has 5 heteroatoms. The van der Waals surface area contributed by atoms with Gasteiger partial charge in [-0.15, -0.1) is 0 Å². The molecule has 0 bridgehead atoms. The van der Waals surface area contributed by atoms with Crippen molar-refractivity contribution in [1.82, 2.24) is 4.90 Å². The first kappa shape index (κ1) is 14.1. The Kier molecular flexibility index (Phi) is 4.75. The molecule has 1 aromatic rings. The molecule has 0 unspecified atom stereocenters. The van der Waals surface area contributed by atoms with Crippen LogP contribution in [0.1, 0.15) is 5.56 Å². The molecular formula is C13H13ClN2O2. The predicted octanol–water partition coefficient (Wildman–Crippen LogP) is 2.97. The van der Waals surface area contributed by atoms with Crippen molar-refractivity contribution < 1.29 is 9.53 Å². The van der Waals surface area contributed by atoms with E-state index in [-0.39, 0.29) is 0 Å². The van der Waals surface area contributed by atoms with Gasteiger partial charge in [-0.25, -0.2) is 9.64 Å². The summed E-state index contributed by atoms with van der Waals surface area (Å²) in [6.07, 6.45) is 1.63. The van der Waals surface area contributed by atoms with Crippen molar-refractivity contribution in [1.29, 1.82) is 0 Å². The second kappa shape index (κ2) is 6.08. The maximum atomic E-state index is 11.7. The highest BCUT2D eigenvalue weighted by Crippen LogP contribution is 2.29. The molecule has 0 amide bonds. The number of halogens is 1. The quantitative estimate of drug-likeness (QED) is 0.478. The van der Waals surface area contributed by atoms with E-state index in [0.29, 0.717) is 21.8 Å². The van der Waals surface area contributed by atoms with Crippen LogP contribution in [0.5, 0.6) is 0 Å². The van der Waals surface area contributed by atoms with Crippen LogP contribution in [0.15, 0.2) is 24.4 Å². The number of hydrogen-bond donors (Lipinski definition) is 0. The Morgan fingerprint density at radius 3 is 2.61 bits per heavy atom. The molecule has 0 N–H and O–H groups in total. The Morgan fingerprint density at radius 1 is 1.50 bits per heavy atom. The summed E-state index contributed by atoms with van der Waals surface area (Å²) in [4.78, 5) is 16.7. The van der Waals surface area contributed by atoms with Crippen LogP contribution in [-0.4, -0.2) is 32.1 Å². The molecule has 4 nitrogen and oxygen atoms in total. The van der Waals surface area contributed by atoms with Gasteiger partial charge in [0.05, 0.1) is 19.3 Å². The molecule has 18 heavy (non-hydrogen) atoms. The molecule has 0 fully saturated rings. The second-order valence-corrected chi connectivity index (χ2v) is 4.18. The van der Waals surface area contributed by atoms with Crippen molar-refractivity contribution in [3.8, 4) is 0 Å². The van der Waals surface area contributed by atoms with Crippen LogP contribution < -0.4 is 0 Å². The number of carbonyl (C=O) groups is 1. The summed E-state index contributed by atoms with van der Waals surface area (Å²) in [5.41, 5.74) is 1.33. The number of nitrogens with zero attached hydrogens (tertiary/aromatic N) is 2. The van der Waals surface area contributed by atoms with E-state index in [1.165, 1.54) is 13.2 Å². The van der Waals surface area contributed by atoms with Crippen molar-refractivity contribution in [3.63, 3.8) is 0 Å².